The van der Waals surface area contributed by atoms with Gasteiger partial charge in [0.05, 0.1) is 5.69 Å². The molecule has 1 heterocycles. The van der Waals surface area contributed by atoms with Crippen molar-refractivity contribution in [2.24, 2.45) is 0 Å². The molecule has 1 amide bonds. The highest BCUT2D eigenvalue weighted by Crippen LogP contribution is 2.35. The van der Waals surface area contributed by atoms with Gasteiger partial charge in [0.25, 0.3) is 0 Å². The van der Waals surface area contributed by atoms with Crippen LogP contribution in [0.3, 0.4) is 0 Å². The van der Waals surface area contributed by atoms with Crippen molar-refractivity contribution >= 4 is 36.0 Å². The number of thiol groups is 1. The van der Waals surface area contributed by atoms with Crippen LogP contribution in [0.15, 0.2) is 29.2 Å². The normalized spacial score (nSPS) is 20.4. The molecule has 1 aliphatic rings. The van der Waals surface area contributed by atoms with Crippen molar-refractivity contribution in [3.63, 3.8) is 0 Å². The molecule has 0 aliphatic carbocycles. The quantitative estimate of drug-likeness (QED) is 0.670. The van der Waals surface area contributed by atoms with Crippen molar-refractivity contribution in [1.82, 2.24) is 0 Å². The number of carbonyl (C=O) groups is 1. The molecule has 0 spiro atoms. The predicted octanol–water partition coefficient (Wildman–Crippen LogP) is 3.22. The van der Waals surface area contributed by atoms with Crippen molar-refractivity contribution in [2.45, 2.75) is 35.7 Å². The summed E-state index contributed by atoms with van der Waals surface area (Å²) in [6.45, 7) is 5.04. The van der Waals surface area contributed by atoms with Crippen molar-refractivity contribution in [3.8, 4) is 0 Å². The Bertz CT molecular complexity index is 420. The fourth-order valence-corrected chi connectivity index (χ4v) is 3.24. The topological polar surface area (TPSA) is 20.3 Å². The zero-order chi connectivity index (χ0) is 12.4. The molecule has 1 aromatic carbocycles. The number of nitrogens with zero attached hydrogens (tertiary/aromatic N) is 1. The van der Waals surface area contributed by atoms with Crippen molar-refractivity contribution in [3.05, 3.63) is 24.3 Å². The van der Waals surface area contributed by atoms with E-state index in [1.165, 1.54) is 4.90 Å². The van der Waals surface area contributed by atoms with Gasteiger partial charge in [-0.15, -0.1) is 11.8 Å². The fraction of sp³-hybridized carbons (Fsp3) is 0.462. The van der Waals surface area contributed by atoms with Gasteiger partial charge in [-0.05, 0) is 12.1 Å². The Morgan fingerprint density at radius 2 is 2.12 bits per heavy atom. The Morgan fingerprint density at radius 3 is 2.71 bits per heavy atom. The average molecular weight is 267 g/mol. The van der Waals surface area contributed by atoms with E-state index in [2.05, 4.69) is 32.5 Å². The lowest BCUT2D eigenvalue weighted by molar-refractivity contribution is -0.117. The maximum Gasteiger partial charge on any atom is 0.228 e. The standard InChI is InChI=1S/C13H17NOS2/c1-9(2)17-12-6-4-3-5-11(12)14-8-10(16)7-13(14)15/h3-6,9-10,16H,7-8H2,1-2H3. The summed E-state index contributed by atoms with van der Waals surface area (Å²) < 4.78 is 0. The van der Waals surface area contributed by atoms with Crippen LogP contribution in [0.5, 0.6) is 0 Å². The Labute approximate surface area is 112 Å². The molecule has 1 saturated heterocycles. The molecule has 0 N–H and O–H groups in total. The lowest BCUT2D eigenvalue weighted by Crippen LogP contribution is -2.25. The van der Waals surface area contributed by atoms with Crippen LogP contribution in [0, 0.1) is 0 Å². The number of carbonyl (C=O) groups excluding carboxylic acids is 1. The highest BCUT2D eigenvalue weighted by atomic mass is 32.2. The van der Waals surface area contributed by atoms with Crippen LogP contribution in [-0.4, -0.2) is 23.0 Å². The number of rotatable bonds is 3. The molecular weight excluding hydrogens is 250 g/mol. The van der Waals surface area contributed by atoms with Gasteiger partial charge in [-0.25, -0.2) is 0 Å². The third kappa shape index (κ3) is 2.99. The number of benzene rings is 1. The second-order valence-corrected chi connectivity index (χ2v) is 6.85. The van der Waals surface area contributed by atoms with Crippen LogP contribution in [0.2, 0.25) is 0 Å². The zero-order valence-electron chi connectivity index (χ0n) is 10.1. The molecule has 17 heavy (non-hydrogen) atoms. The van der Waals surface area contributed by atoms with E-state index in [0.717, 1.165) is 12.2 Å². The molecule has 1 unspecified atom stereocenters. The van der Waals surface area contributed by atoms with E-state index in [1.807, 2.05) is 23.1 Å². The van der Waals surface area contributed by atoms with Crippen molar-refractivity contribution in [2.75, 3.05) is 11.4 Å². The molecule has 2 nitrogen and oxygen atoms in total. The maximum absolute atomic E-state index is 11.9. The third-order valence-electron chi connectivity index (χ3n) is 2.62. The maximum atomic E-state index is 11.9. The first-order valence-corrected chi connectivity index (χ1v) is 7.21. The average Bonchev–Trinajstić information content (AvgIpc) is 2.58. The minimum absolute atomic E-state index is 0.166. The third-order valence-corrected chi connectivity index (χ3v) is 4.04. The van der Waals surface area contributed by atoms with Crippen LogP contribution in [-0.2, 0) is 4.79 Å². The zero-order valence-corrected chi connectivity index (χ0v) is 11.8. The lowest BCUT2D eigenvalue weighted by atomic mass is 10.3. The fourth-order valence-electron chi connectivity index (χ4n) is 1.96. The number of hydrogen-bond acceptors (Lipinski definition) is 3. The van der Waals surface area contributed by atoms with E-state index in [-0.39, 0.29) is 11.2 Å². The molecule has 92 valence electrons. The second-order valence-electron chi connectivity index (χ2n) is 4.50. The first kappa shape index (κ1) is 12.8. The summed E-state index contributed by atoms with van der Waals surface area (Å²) in [5.74, 6) is 0.182. The number of para-hydroxylation sites is 1. The van der Waals surface area contributed by atoms with Crippen molar-refractivity contribution < 1.29 is 4.79 Å². The Kier molecular flexibility index (Phi) is 4.05. The van der Waals surface area contributed by atoms with E-state index in [1.54, 1.807) is 11.8 Å². The molecule has 1 fully saturated rings. The number of amides is 1. The number of anilines is 1. The van der Waals surface area contributed by atoms with E-state index < -0.39 is 0 Å². The summed E-state index contributed by atoms with van der Waals surface area (Å²) in [6.07, 6.45) is 0.545. The first-order chi connectivity index (χ1) is 8.08. The van der Waals surface area contributed by atoms with E-state index in [0.29, 0.717) is 11.7 Å². The minimum Gasteiger partial charge on any atom is -0.310 e. The molecule has 1 aliphatic heterocycles. The highest BCUT2D eigenvalue weighted by Gasteiger charge is 2.29. The smallest absolute Gasteiger partial charge is 0.228 e. The van der Waals surface area contributed by atoms with Gasteiger partial charge in [0.1, 0.15) is 0 Å². The van der Waals surface area contributed by atoms with E-state index >= 15 is 0 Å². The largest absolute Gasteiger partial charge is 0.310 e. The number of thioether (sulfide) groups is 1. The van der Waals surface area contributed by atoms with Gasteiger partial charge in [0, 0.05) is 28.4 Å². The first-order valence-electron chi connectivity index (χ1n) is 5.82. The summed E-state index contributed by atoms with van der Waals surface area (Å²) >= 11 is 6.19. The van der Waals surface area contributed by atoms with E-state index in [4.69, 9.17) is 0 Å². The highest BCUT2D eigenvalue weighted by molar-refractivity contribution is 8.00. The predicted molar refractivity (Wildman–Crippen MR) is 77.2 cm³/mol. The SMILES string of the molecule is CC(C)Sc1ccccc1N1CC(S)CC1=O. The Balaban J connectivity index is 2.28. The molecule has 4 heteroatoms. The van der Waals surface area contributed by atoms with Gasteiger partial charge in [0.2, 0.25) is 5.91 Å². The summed E-state index contributed by atoms with van der Waals surface area (Å²) in [4.78, 5) is 14.9. The summed E-state index contributed by atoms with van der Waals surface area (Å²) in [7, 11) is 0. The van der Waals surface area contributed by atoms with Crippen LogP contribution in [0.25, 0.3) is 0 Å². The van der Waals surface area contributed by atoms with Gasteiger partial charge < -0.3 is 4.90 Å². The van der Waals surface area contributed by atoms with Gasteiger partial charge in [-0.1, -0.05) is 26.0 Å². The van der Waals surface area contributed by atoms with Gasteiger partial charge >= 0.3 is 0 Å². The Hall–Kier alpha value is -0.610. The Morgan fingerprint density at radius 1 is 1.41 bits per heavy atom. The van der Waals surface area contributed by atoms with Crippen molar-refractivity contribution in [1.29, 1.82) is 0 Å². The molecule has 1 aromatic rings. The molecule has 0 aromatic heterocycles. The molecular formula is C13H17NOS2. The molecule has 0 saturated carbocycles. The second kappa shape index (κ2) is 5.36. The van der Waals surface area contributed by atoms with E-state index in [9.17, 15) is 4.79 Å². The van der Waals surface area contributed by atoms with Gasteiger partial charge in [0.15, 0.2) is 0 Å². The van der Waals surface area contributed by atoms with Gasteiger partial charge in [-0.2, -0.15) is 12.6 Å². The summed E-state index contributed by atoms with van der Waals surface area (Å²) in [5, 5.41) is 0.681. The van der Waals surface area contributed by atoms with Crippen LogP contribution in [0.1, 0.15) is 20.3 Å². The lowest BCUT2D eigenvalue weighted by Gasteiger charge is -2.20. The number of hydrogen-bond donors (Lipinski definition) is 1. The monoisotopic (exact) mass is 267 g/mol. The molecule has 2 rings (SSSR count). The minimum atomic E-state index is 0.166. The van der Waals surface area contributed by atoms with Crippen LogP contribution in [0.4, 0.5) is 5.69 Å². The summed E-state index contributed by atoms with van der Waals surface area (Å²) in [5.41, 5.74) is 1.03. The molecule has 0 radical (unpaired) electrons. The van der Waals surface area contributed by atoms with Crippen LogP contribution < -0.4 is 4.90 Å². The molecule has 1 atom stereocenters. The van der Waals surface area contributed by atoms with Crippen LogP contribution >= 0.6 is 24.4 Å². The van der Waals surface area contributed by atoms with Gasteiger partial charge in [-0.3, -0.25) is 4.79 Å². The molecule has 0 bridgehead atoms. The summed E-state index contributed by atoms with van der Waals surface area (Å²) in [6, 6.07) is 8.11.